The molecule has 134 valence electrons. The number of hydrogen-bond acceptors (Lipinski definition) is 4. The molecule has 2 aromatic rings. The van der Waals surface area contributed by atoms with Gasteiger partial charge in [-0.3, -0.25) is 9.78 Å². The highest BCUT2D eigenvalue weighted by Crippen LogP contribution is 2.22. The number of likely N-dealkylation sites (tertiary alicyclic amines) is 1. The smallest absolute Gasteiger partial charge is 0.222 e. The topological polar surface area (TPSA) is 59.2 Å². The molecule has 0 spiro atoms. The molecule has 1 aliphatic rings. The maximum atomic E-state index is 12.6. The summed E-state index contributed by atoms with van der Waals surface area (Å²) in [5.41, 5.74) is 4.28. The van der Waals surface area contributed by atoms with E-state index < -0.39 is 0 Å². The molecule has 3 heterocycles. The van der Waals surface area contributed by atoms with E-state index in [1.807, 2.05) is 31.9 Å². The van der Waals surface area contributed by atoms with Crippen LogP contribution in [0.25, 0.3) is 0 Å². The number of aryl methyl sites for hydroxylation is 3. The maximum Gasteiger partial charge on any atom is 0.222 e. The molecule has 1 amide bonds. The van der Waals surface area contributed by atoms with Gasteiger partial charge in [-0.05, 0) is 64.0 Å². The summed E-state index contributed by atoms with van der Waals surface area (Å²) >= 11 is 0. The van der Waals surface area contributed by atoms with Gasteiger partial charge in [-0.25, -0.2) is 0 Å². The van der Waals surface area contributed by atoms with Gasteiger partial charge in [-0.1, -0.05) is 11.2 Å². The van der Waals surface area contributed by atoms with Crippen LogP contribution in [0.5, 0.6) is 0 Å². The molecule has 5 nitrogen and oxygen atoms in total. The third-order valence-electron chi connectivity index (χ3n) is 5.14. The number of nitrogens with zero attached hydrogens (tertiary/aromatic N) is 3. The Balaban J connectivity index is 1.53. The lowest BCUT2D eigenvalue weighted by Crippen LogP contribution is -2.40. The fraction of sp³-hybridized carbons (Fsp3) is 0.550. The van der Waals surface area contributed by atoms with Crippen LogP contribution in [-0.2, 0) is 17.6 Å². The Kier molecular flexibility index (Phi) is 5.51. The summed E-state index contributed by atoms with van der Waals surface area (Å²) in [5.74, 6) is 1.60. The van der Waals surface area contributed by atoms with Crippen molar-refractivity contribution in [3.63, 3.8) is 0 Å². The van der Waals surface area contributed by atoms with E-state index in [2.05, 4.69) is 22.3 Å². The molecule has 1 fully saturated rings. The molecule has 0 bridgehead atoms. The van der Waals surface area contributed by atoms with Crippen molar-refractivity contribution < 1.29 is 9.32 Å². The number of hydrogen-bond donors (Lipinski definition) is 0. The summed E-state index contributed by atoms with van der Waals surface area (Å²) in [4.78, 5) is 19.0. The summed E-state index contributed by atoms with van der Waals surface area (Å²) in [6.07, 6.45) is 6.47. The lowest BCUT2D eigenvalue weighted by atomic mass is 9.91. The van der Waals surface area contributed by atoms with Gasteiger partial charge >= 0.3 is 0 Å². The largest absolute Gasteiger partial charge is 0.361 e. The van der Waals surface area contributed by atoms with Crippen LogP contribution in [0.15, 0.2) is 22.9 Å². The highest BCUT2D eigenvalue weighted by molar-refractivity contribution is 5.76. The Hall–Kier alpha value is -2.17. The van der Waals surface area contributed by atoms with Crippen LogP contribution in [-0.4, -0.2) is 34.0 Å². The molecule has 0 N–H and O–H groups in total. The van der Waals surface area contributed by atoms with Gasteiger partial charge in [0.1, 0.15) is 5.76 Å². The first kappa shape index (κ1) is 17.6. The van der Waals surface area contributed by atoms with E-state index in [9.17, 15) is 4.79 Å². The normalized spacial score (nSPS) is 17.7. The number of pyridine rings is 1. The molecule has 1 atom stereocenters. The Bertz CT molecular complexity index is 702. The quantitative estimate of drug-likeness (QED) is 0.836. The molecular weight excluding hydrogens is 314 g/mol. The van der Waals surface area contributed by atoms with E-state index in [0.29, 0.717) is 18.8 Å². The summed E-state index contributed by atoms with van der Waals surface area (Å²) in [6, 6.07) is 4.21. The zero-order chi connectivity index (χ0) is 17.8. The minimum Gasteiger partial charge on any atom is -0.361 e. The molecule has 3 rings (SSSR count). The molecule has 5 heteroatoms. The van der Waals surface area contributed by atoms with E-state index in [4.69, 9.17) is 4.52 Å². The maximum absolute atomic E-state index is 12.6. The van der Waals surface area contributed by atoms with E-state index in [1.54, 1.807) is 0 Å². The molecule has 0 aliphatic carbocycles. The first-order valence-corrected chi connectivity index (χ1v) is 9.14. The van der Waals surface area contributed by atoms with Crippen LogP contribution in [0.4, 0.5) is 0 Å². The van der Waals surface area contributed by atoms with Crippen molar-refractivity contribution in [2.75, 3.05) is 13.1 Å². The van der Waals surface area contributed by atoms with Gasteiger partial charge < -0.3 is 9.42 Å². The average Bonchev–Trinajstić information content (AvgIpc) is 2.93. The van der Waals surface area contributed by atoms with Crippen molar-refractivity contribution in [2.45, 2.75) is 52.9 Å². The minimum absolute atomic E-state index is 0.242. The fourth-order valence-electron chi connectivity index (χ4n) is 3.66. The molecular formula is C20H27N3O2. The van der Waals surface area contributed by atoms with Gasteiger partial charge in [0.2, 0.25) is 5.91 Å². The van der Waals surface area contributed by atoms with Crippen molar-refractivity contribution >= 4 is 5.91 Å². The van der Waals surface area contributed by atoms with Crippen LogP contribution in [0.1, 0.15) is 47.5 Å². The zero-order valence-corrected chi connectivity index (χ0v) is 15.4. The number of aromatic nitrogens is 2. The van der Waals surface area contributed by atoms with Gasteiger partial charge in [-0.15, -0.1) is 0 Å². The minimum atomic E-state index is 0.242. The van der Waals surface area contributed by atoms with Gasteiger partial charge in [0, 0.05) is 37.0 Å². The van der Waals surface area contributed by atoms with Crippen LogP contribution in [0.2, 0.25) is 0 Å². The molecule has 0 aromatic carbocycles. The Morgan fingerprint density at radius 1 is 1.32 bits per heavy atom. The Labute approximate surface area is 149 Å². The lowest BCUT2D eigenvalue weighted by Gasteiger charge is -2.33. The number of amides is 1. The van der Waals surface area contributed by atoms with Crippen molar-refractivity contribution in [2.24, 2.45) is 5.92 Å². The van der Waals surface area contributed by atoms with Crippen molar-refractivity contribution in [3.05, 3.63) is 46.6 Å². The van der Waals surface area contributed by atoms with Crippen molar-refractivity contribution in [1.29, 1.82) is 0 Å². The second-order valence-corrected chi connectivity index (χ2v) is 7.16. The number of piperidine rings is 1. The molecule has 1 aliphatic heterocycles. The number of carbonyl (C=O) groups is 1. The molecule has 0 saturated carbocycles. The van der Waals surface area contributed by atoms with Crippen LogP contribution < -0.4 is 0 Å². The molecule has 2 aromatic heterocycles. The predicted octanol–water partition coefficient (Wildman–Crippen LogP) is 3.41. The predicted molar refractivity (Wildman–Crippen MR) is 96.3 cm³/mol. The van der Waals surface area contributed by atoms with Crippen molar-refractivity contribution in [3.8, 4) is 0 Å². The van der Waals surface area contributed by atoms with E-state index in [0.717, 1.165) is 48.6 Å². The van der Waals surface area contributed by atoms with Crippen LogP contribution in [0.3, 0.4) is 0 Å². The highest BCUT2D eigenvalue weighted by atomic mass is 16.5. The summed E-state index contributed by atoms with van der Waals surface area (Å²) < 4.78 is 5.18. The lowest BCUT2D eigenvalue weighted by molar-refractivity contribution is -0.132. The number of rotatable bonds is 5. The fourth-order valence-corrected chi connectivity index (χ4v) is 3.66. The SMILES string of the molecule is Cc1ccc(C[C@@H]2CCCN(C(=O)CCc3c(C)noc3C)C2)cn1. The second kappa shape index (κ2) is 7.81. The number of carbonyl (C=O) groups excluding carboxylic acids is 1. The monoisotopic (exact) mass is 341 g/mol. The van der Waals surface area contributed by atoms with Gasteiger partial charge in [0.25, 0.3) is 0 Å². The summed E-state index contributed by atoms with van der Waals surface area (Å²) in [7, 11) is 0. The van der Waals surface area contributed by atoms with E-state index >= 15 is 0 Å². The van der Waals surface area contributed by atoms with Gasteiger partial charge in [0.05, 0.1) is 5.69 Å². The van der Waals surface area contributed by atoms with E-state index in [-0.39, 0.29) is 5.91 Å². The van der Waals surface area contributed by atoms with E-state index in [1.165, 1.54) is 12.0 Å². The summed E-state index contributed by atoms with van der Waals surface area (Å²) in [6.45, 7) is 7.58. The van der Waals surface area contributed by atoms with Crippen LogP contribution in [0, 0.1) is 26.7 Å². The average molecular weight is 341 g/mol. The zero-order valence-electron chi connectivity index (χ0n) is 15.4. The summed E-state index contributed by atoms with van der Waals surface area (Å²) in [5, 5.41) is 3.97. The van der Waals surface area contributed by atoms with Crippen LogP contribution >= 0.6 is 0 Å². The molecule has 1 saturated heterocycles. The third-order valence-corrected chi connectivity index (χ3v) is 5.14. The standard InChI is InChI=1S/C20H27N3O2/c1-14-6-7-17(12-21-14)11-18-5-4-10-23(13-18)20(24)9-8-19-15(2)22-25-16(19)3/h6-7,12,18H,4-5,8-11,13H2,1-3H3/t18-/m0/s1. The van der Waals surface area contributed by atoms with Gasteiger partial charge in [0.15, 0.2) is 0 Å². The Morgan fingerprint density at radius 3 is 2.84 bits per heavy atom. The molecule has 25 heavy (non-hydrogen) atoms. The molecule has 0 unspecified atom stereocenters. The third kappa shape index (κ3) is 4.47. The Morgan fingerprint density at radius 2 is 2.16 bits per heavy atom. The van der Waals surface area contributed by atoms with Crippen molar-refractivity contribution in [1.82, 2.24) is 15.0 Å². The second-order valence-electron chi connectivity index (χ2n) is 7.16. The first-order chi connectivity index (χ1) is 12.0. The highest BCUT2D eigenvalue weighted by Gasteiger charge is 2.24. The first-order valence-electron chi connectivity index (χ1n) is 9.14. The molecule has 0 radical (unpaired) electrons. The van der Waals surface area contributed by atoms with Gasteiger partial charge in [-0.2, -0.15) is 0 Å².